The van der Waals surface area contributed by atoms with E-state index in [9.17, 15) is 18.4 Å². The van der Waals surface area contributed by atoms with Gasteiger partial charge in [0.05, 0.1) is 5.69 Å². The first kappa shape index (κ1) is 22.4. The highest BCUT2D eigenvalue weighted by Gasteiger charge is 2.26. The maximum Gasteiger partial charge on any atom is 0.410 e. The standard InChI is InChI=1S/C24H24F2N4O3/c1-24(2,3)33-23(32)30-7-6-14-4-5-15(8-17(14)13-30)22(31)27-21-12-20(28-29-21)16-9-18(25)11-19(26)10-16/h4-5,8-12H,6-7,13H2,1-3H3,(H2,27,28,29,31). The molecule has 2 amide bonds. The van der Waals surface area contributed by atoms with E-state index in [-0.39, 0.29) is 17.5 Å². The first-order chi connectivity index (χ1) is 15.6. The van der Waals surface area contributed by atoms with Crippen LogP contribution in [-0.2, 0) is 17.7 Å². The van der Waals surface area contributed by atoms with Crippen molar-refractivity contribution in [2.24, 2.45) is 0 Å². The largest absolute Gasteiger partial charge is 0.444 e. The van der Waals surface area contributed by atoms with Crippen LogP contribution in [0.3, 0.4) is 0 Å². The number of ether oxygens (including phenoxy) is 1. The minimum absolute atomic E-state index is 0.216. The van der Waals surface area contributed by atoms with Crippen molar-refractivity contribution in [3.63, 3.8) is 0 Å². The van der Waals surface area contributed by atoms with Crippen LogP contribution in [0.2, 0.25) is 0 Å². The molecule has 0 unspecified atom stereocenters. The first-order valence-electron chi connectivity index (χ1n) is 10.5. The number of rotatable bonds is 3. The van der Waals surface area contributed by atoms with Crippen molar-refractivity contribution in [2.75, 3.05) is 11.9 Å². The van der Waals surface area contributed by atoms with E-state index in [1.165, 1.54) is 18.2 Å². The molecular formula is C24H24F2N4O3. The minimum atomic E-state index is -0.709. The SMILES string of the molecule is CC(C)(C)OC(=O)N1CCc2ccc(C(=O)Nc3cc(-c4cc(F)cc(F)c4)[nH]n3)cc2C1. The fourth-order valence-corrected chi connectivity index (χ4v) is 3.61. The third-order valence-electron chi connectivity index (χ3n) is 5.13. The predicted octanol–water partition coefficient (Wildman–Crippen LogP) is 4.90. The van der Waals surface area contributed by atoms with E-state index in [0.29, 0.717) is 30.8 Å². The highest BCUT2D eigenvalue weighted by molar-refractivity contribution is 6.04. The summed E-state index contributed by atoms with van der Waals surface area (Å²) in [7, 11) is 0. The number of benzene rings is 2. The number of carbonyl (C=O) groups is 2. The maximum absolute atomic E-state index is 13.5. The third-order valence-corrected chi connectivity index (χ3v) is 5.13. The molecule has 1 aromatic heterocycles. The Balaban J connectivity index is 1.47. The molecule has 0 radical (unpaired) electrons. The fourth-order valence-electron chi connectivity index (χ4n) is 3.61. The number of halogens is 2. The smallest absolute Gasteiger partial charge is 0.410 e. The number of nitrogens with one attached hydrogen (secondary N) is 2. The van der Waals surface area contributed by atoms with Crippen molar-refractivity contribution >= 4 is 17.8 Å². The Morgan fingerprint density at radius 3 is 2.48 bits per heavy atom. The van der Waals surface area contributed by atoms with E-state index >= 15 is 0 Å². The second kappa shape index (κ2) is 8.65. The zero-order valence-corrected chi connectivity index (χ0v) is 18.5. The topological polar surface area (TPSA) is 87.3 Å². The maximum atomic E-state index is 13.5. The molecule has 2 N–H and O–H groups in total. The summed E-state index contributed by atoms with van der Waals surface area (Å²) in [6.07, 6.45) is 0.282. The van der Waals surface area contributed by atoms with Crippen molar-refractivity contribution in [3.05, 3.63) is 70.8 Å². The third kappa shape index (κ3) is 5.36. The molecule has 0 fully saturated rings. The van der Waals surface area contributed by atoms with Gasteiger partial charge in [0.2, 0.25) is 0 Å². The van der Waals surface area contributed by atoms with Gasteiger partial charge in [-0.25, -0.2) is 13.6 Å². The van der Waals surface area contributed by atoms with Gasteiger partial charge in [0, 0.05) is 36.3 Å². The number of hydrogen-bond acceptors (Lipinski definition) is 4. The molecule has 33 heavy (non-hydrogen) atoms. The van der Waals surface area contributed by atoms with Crippen molar-refractivity contribution in [1.29, 1.82) is 0 Å². The second-order valence-electron chi connectivity index (χ2n) is 8.91. The summed E-state index contributed by atoms with van der Waals surface area (Å²) in [6, 6.07) is 9.95. The van der Waals surface area contributed by atoms with Gasteiger partial charge in [0.25, 0.3) is 5.91 Å². The molecule has 9 heteroatoms. The van der Waals surface area contributed by atoms with E-state index < -0.39 is 23.1 Å². The molecule has 3 aromatic rings. The van der Waals surface area contributed by atoms with Crippen LogP contribution < -0.4 is 5.32 Å². The number of nitrogens with zero attached hydrogens (tertiary/aromatic N) is 2. The number of aromatic nitrogens is 2. The van der Waals surface area contributed by atoms with Gasteiger partial charge >= 0.3 is 6.09 Å². The van der Waals surface area contributed by atoms with E-state index in [1.807, 2.05) is 26.8 Å². The van der Waals surface area contributed by atoms with Crippen molar-refractivity contribution < 1.29 is 23.1 Å². The highest BCUT2D eigenvalue weighted by Crippen LogP contribution is 2.24. The average molecular weight is 454 g/mol. The van der Waals surface area contributed by atoms with Crippen molar-refractivity contribution in [2.45, 2.75) is 39.3 Å². The number of H-pyrrole nitrogens is 1. The lowest BCUT2D eigenvalue weighted by molar-refractivity contribution is 0.0224. The van der Waals surface area contributed by atoms with Crippen LogP contribution >= 0.6 is 0 Å². The molecule has 4 rings (SSSR count). The van der Waals surface area contributed by atoms with Gasteiger partial charge in [0.1, 0.15) is 17.2 Å². The van der Waals surface area contributed by atoms with Crippen LogP contribution in [0.5, 0.6) is 0 Å². The summed E-state index contributed by atoms with van der Waals surface area (Å²) in [5.74, 6) is -1.59. The van der Waals surface area contributed by atoms with Gasteiger partial charge in [-0.05, 0) is 62.6 Å². The monoisotopic (exact) mass is 454 g/mol. The Kier molecular flexibility index (Phi) is 5.88. The molecule has 7 nitrogen and oxygen atoms in total. The number of hydrogen-bond donors (Lipinski definition) is 2. The summed E-state index contributed by atoms with van der Waals surface area (Å²) >= 11 is 0. The zero-order valence-electron chi connectivity index (χ0n) is 18.5. The van der Waals surface area contributed by atoms with E-state index in [1.54, 1.807) is 17.0 Å². The van der Waals surface area contributed by atoms with Gasteiger partial charge < -0.3 is 15.0 Å². The Bertz CT molecular complexity index is 1200. The summed E-state index contributed by atoms with van der Waals surface area (Å²) in [5, 5.41) is 9.34. The van der Waals surface area contributed by atoms with Crippen LogP contribution in [0.25, 0.3) is 11.3 Å². The van der Waals surface area contributed by atoms with E-state index in [4.69, 9.17) is 4.74 Å². The molecule has 0 atom stereocenters. The van der Waals surface area contributed by atoms with Crippen molar-refractivity contribution in [1.82, 2.24) is 15.1 Å². The first-order valence-corrected chi connectivity index (χ1v) is 10.5. The van der Waals surface area contributed by atoms with Crippen LogP contribution in [0.15, 0.2) is 42.5 Å². The van der Waals surface area contributed by atoms with Crippen LogP contribution in [0, 0.1) is 11.6 Å². The molecule has 2 aromatic carbocycles. The van der Waals surface area contributed by atoms with Gasteiger partial charge in [-0.2, -0.15) is 5.10 Å². The second-order valence-corrected chi connectivity index (χ2v) is 8.91. The highest BCUT2D eigenvalue weighted by atomic mass is 19.1. The molecule has 0 aliphatic carbocycles. The fraction of sp³-hybridized carbons (Fsp3) is 0.292. The Hall–Kier alpha value is -3.75. The number of aromatic amines is 1. The molecule has 0 saturated carbocycles. The van der Waals surface area contributed by atoms with Gasteiger partial charge in [-0.1, -0.05) is 6.07 Å². The van der Waals surface area contributed by atoms with E-state index in [2.05, 4.69) is 15.5 Å². The van der Waals surface area contributed by atoms with Crippen LogP contribution in [-0.4, -0.2) is 39.2 Å². The lowest BCUT2D eigenvalue weighted by atomic mass is 9.97. The van der Waals surface area contributed by atoms with Gasteiger partial charge in [0.15, 0.2) is 5.82 Å². The van der Waals surface area contributed by atoms with E-state index in [0.717, 1.165) is 17.2 Å². The van der Waals surface area contributed by atoms with Crippen LogP contribution in [0.1, 0.15) is 42.3 Å². The quantitative estimate of drug-likeness (QED) is 0.589. The number of carbonyl (C=O) groups excluding carboxylic acids is 2. The van der Waals surface area contributed by atoms with Gasteiger partial charge in [-0.15, -0.1) is 0 Å². The molecule has 0 spiro atoms. The Labute approximate surface area is 189 Å². The zero-order chi connectivity index (χ0) is 23.8. The number of anilines is 1. The Morgan fingerprint density at radius 2 is 1.79 bits per heavy atom. The normalized spacial score (nSPS) is 13.4. The Morgan fingerprint density at radius 1 is 1.06 bits per heavy atom. The predicted molar refractivity (Wildman–Crippen MR) is 119 cm³/mol. The van der Waals surface area contributed by atoms with Crippen LogP contribution in [0.4, 0.5) is 19.4 Å². The molecule has 172 valence electrons. The lowest BCUT2D eigenvalue weighted by Crippen LogP contribution is -2.40. The molecule has 0 bridgehead atoms. The number of fused-ring (bicyclic) bond motifs is 1. The summed E-state index contributed by atoms with van der Waals surface area (Å²) in [6.45, 7) is 6.34. The average Bonchev–Trinajstić information content (AvgIpc) is 3.19. The van der Waals surface area contributed by atoms with Gasteiger partial charge in [-0.3, -0.25) is 9.89 Å². The molecule has 1 aliphatic rings. The molecular weight excluding hydrogens is 430 g/mol. The molecule has 0 saturated heterocycles. The summed E-state index contributed by atoms with van der Waals surface area (Å²) in [4.78, 5) is 26.8. The molecule has 1 aliphatic heterocycles. The summed E-state index contributed by atoms with van der Waals surface area (Å²) in [5.41, 5.74) is 2.40. The van der Waals surface area contributed by atoms with Crippen molar-refractivity contribution in [3.8, 4) is 11.3 Å². The molecule has 2 heterocycles. The summed E-state index contributed by atoms with van der Waals surface area (Å²) < 4.78 is 32.4. The number of amides is 2. The lowest BCUT2D eigenvalue weighted by Gasteiger charge is -2.31. The minimum Gasteiger partial charge on any atom is -0.444 e.